The largest absolute Gasteiger partial charge is 0.505 e. The molecule has 33 heavy (non-hydrogen) atoms. The summed E-state index contributed by atoms with van der Waals surface area (Å²) in [5.74, 6) is -5.30. The van der Waals surface area contributed by atoms with Crippen LogP contribution in [-0.4, -0.2) is 46.1 Å². The number of nitrogens with two attached hydrogens (primary N) is 1. The van der Waals surface area contributed by atoms with Crippen molar-refractivity contribution in [1.29, 1.82) is 0 Å². The van der Waals surface area contributed by atoms with Crippen molar-refractivity contribution in [3.05, 3.63) is 63.3 Å². The predicted octanol–water partition coefficient (Wildman–Crippen LogP) is 1.97. The molecule has 0 spiro atoms. The van der Waals surface area contributed by atoms with Gasteiger partial charge in [-0.2, -0.15) is 0 Å². The van der Waals surface area contributed by atoms with E-state index in [0.717, 1.165) is 4.57 Å². The lowest BCUT2D eigenvalue weighted by Crippen LogP contribution is -2.38. The first-order valence-corrected chi connectivity index (χ1v) is 10.3. The first-order valence-electron chi connectivity index (χ1n) is 10.3. The summed E-state index contributed by atoms with van der Waals surface area (Å²) in [5.41, 5.74) is 4.89. The quantitative estimate of drug-likeness (QED) is 0.417. The molecule has 0 bridgehead atoms. The third kappa shape index (κ3) is 4.36. The Morgan fingerprint density at radius 2 is 2.03 bits per heavy atom. The van der Waals surface area contributed by atoms with E-state index >= 15 is 0 Å². The third-order valence-electron chi connectivity index (χ3n) is 5.44. The van der Waals surface area contributed by atoms with Crippen LogP contribution in [0.25, 0.3) is 11.0 Å². The summed E-state index contributed by atoms with van der Waals surface area (Å²) in [5, 5.41) is 15.9. The fourth-order valence-corrected chi connectivity index (χ4v) is 3.84. The number of benzene rings is 1. The lowest BCUT2D eigenvalue weighted by atomic mass is 10.0. The number of aromatic nitrogens is 2. The molecule has 3 aromatic rings. The number of anilines is 1. The SMILES string of the molecule is NCCCNC(=O)c1c(O)c2ncc(Cc3ccc(F)cc3)c3c2n(c1=O)CC(F)(F)CN3. The van der Waals surface area contributed by atoms with Gasteiger partial charge < -0.3 is 21.5 Å². The molecule has 0 fully saturated rings. The molecule has 1 amide bonds. The average molecular weight is 461 g/mol. The number of aromatic hydroxyl groups is 1. The number of carbonyl (C=O) groups excluding carboxylic acids is 1. The second-order valence-corrected chi connectivity index (χ2v) is 7.88. The van der Waals surface area contributed by atoms with E-state index in [1.54, 1.807) is 12.1 Å². The summed E-state index contributed by atoms with van der Waals surface area (Å²) in [6, 6.07) is 5.66. The summed E-state index contributed by atoms with van der Waals surface area (Å²) in [4.78, 5) is 29.9. The minimum atomic E-state index is -3.31. The molecule has 1 aromatic carbocycles. The number of halogens is 3. The Morgan fingerprint density at radius 3 is 2.73 bits per heavy atom. The van der Waals surface area contributed by atoms with Crippen LogP contribution < -0.4 is 21.9 Å². The Bertz CT molecular complexity index is 1280. The average Bonchev–Trinajstić information content (AvgIpc) is 2.91. The van der Waals surface area contributed by atoms with E-state index in [9.17, 15) is 27.9 Å². The molecule has 5 N–H and O–H groups in total. The van der Waals surface area contributed by atoms with Gasteiger partial charge in [-0.15, -0.1) is 0 Å². The number of alkyl halides is 2. The first-order chi connectivity index (χ1) is 15.7. The fourth-order valence-electron chi connectivity index (χ4n) is 3.84. The molecule has 8 nitrogen and oxygen atoms in total. The lowest BCUT2D eigenvalue weighted by Gasteiger charge is -2.17. The van der Waals surface area contributed by atoms with Crippen LogP contribution in [0, 0.1) is 5.82 Å². The van der Waals surface area contributed by atoms with Gasteiger partial charge in [-0.25, -0.2) is 13.2 Å². The number of pyridine rings is 2. The minimum absolute atomic E-state index is 0.0206. The Morgan fingerprint density at radius 1 is 1.30 bits per heavy atom. The molecule has 0 radical (unpaired) electrons. The summed E-state index contributed by atoms with van der Waals surface area (Å²) in [7, 11) is 0. The predicted molar refractivity (Wildman–Crippen MR) is 116 cm³/mol. The molecule has 1 aliphatic heterocycles. The number of hydrogen-bond donors (Lipinski definition) is 4. The summed E-state index contributed by atoms with van der Waals surface area (Å²) in [6.45, 7) is -1.30. The van der Waals surface area contributed by atoms with E-state index in [0.29, 0.717) is 24.1 Å². The molecular formula is C22H22F3N5O3. The molecule has 0 aliphatic carbocycles. The molecule has 4 rings (SSSR count). The molecule has 174 valence electrons. The Labute approximate surface area is 186 Å². The smallest absolute Gasteiger partial charge is 0.282 e. The molecular weight excluding hydrogens is 439 g/mol. The van der Waals surface area contributed by atoms with Crippen molar-refractivity contribution < 1.29 is 23.1 Å². The lowest BCUT2D eigenvalue weighted by molar-refractivity contribution is -0.000936. The van der Waals surface area contributed by atoms with Gasteiger partial charge in [0.2, 0.25) is 0 Å². The van der Waals surface area contributed by atoms with Gasteiger partial charge in [0.25, 0.3) is 17.4 Å². The van der Waals surface area contributed by atoms with Gasteiger partial charge >= 0.3 is 0 Å². The second kappa shape index (κ2) is 8.74. The maximum atomic E-state index is 14.6. The molecule has 0 unspecified atom stereocenters. The molecule has 0 saturated carbocycles. The Hall–Kier alpha value is -3.60. The van der Waals surface area contributed by atoms with Crippen LogP contribution in [0.2, 0.25) is 0 Å². The zero-order valence-electron chi connectivity index (χ0n) is 17.5. The summed E-state index contributed by atoms with van der Waals surface area (Å²) < 4.78 is 43.2. The van der Waals surface area contributed by atoms with E-state index in [1.807, 2.05) is 0 Å². The van der Waals surface area contributed by atoms with Crippen LogP contribution in [0.4, 0.5) is 18.9 Å². The molecule has 1 aliphatic rings. The topological polar surface area (TPSA) is 122 Å². The maximum absolute atomic E-state index is 14.6. The number of nitrogens with one attached hydrogen (secondary N) is 2. The van der Waals surface area contributed by atoms with Gasteiger partial charge in [0, 0.05) is 24.7 Å². The highest BCUT2D eigenvalue weighted by Gasteiger charge is 2.36. The van der Waals surface area contributed by atoms with Crippen LogP contribution in [0.1, 0.15) is 27.9 Å². The maximum Gasteiger partial charge on any atom is 0.282 e. The van der Waals surface area contributed by atoms with Crippen molar-refractivity contribution in [3.63, 3.8) is 0 Å². The van der Waals surface area contributed by atoms with Crippen LogP contribution in [0.5, 0.6) is 5.75 Å². The zero-order chi connectivity index (χ0) is 23.8. The van der Waals surface area contributed by atoms with Crippen LogP contribution in [0.15, 0.2) is 35.3 Å². The van der Waals surface area contributed by atoms with Gasteiger partial charge in [-0.1, -0.05) is 12.1 Å². The first kappa shape index (κ1) is 22.6. The highest BCUT2D eigenvalue weighted by atomic mass is 19.3. The highest BCUT2D eigenvalue weighted by molar-refractivity contribution is 6.04. The van der Waals surface area contributed by atoms with E-state index in [-0.39, 0.29) is 29.7 Å². The van der Waals surface area contributed by atoms with Crippen molar-refractivity contribution in [2.75, 3.05) is 25.0 Å². The van der Waals surface area contributed by atoms with Crippen molar-refractivity contribution in [3.8, 4) is 5.75 Å². The van der Waals surface area contributed by atoms with E-state index in [4.69, 9.17) is 5.73 Å². The Balaban J connectivity index is 1.90. The van der Waals surface area contributed by atoms with Crippen molar-refractivity contribution in [2.24, 2.45) is 5.73 Å². The summed E-state index contributed by atoms with van der Waals surface area (Å²) in [6.07, 6.45) is 2.03. The standard InChI is InChI=1S/C22H22F3N5O3/c23-14-4-2-12(3-5-14)8-13-9-28-17-18-16(13)29-10-22(24,25)11-30(18)21(33)15(19(17)31)20(32)27-7-1-6-26/h2-5,9,29,31H,1,6-8,10-11,26H2,(H,27,32). The fraction of sp³-hybridized carbons (Fsp3) is 0.318. The molecule has 3 heterocycles. The molecule has 11 heteroatoms. The number of carbonyl (C=O) groups is 1. The normalized spacial score (nSPS) is 14.5. The minimum Gasteiger partial charge on any atom is -0.505 e. The van der Waals surface area contributed by atoms with Crippen LogP contribution in [0.3, 0.4) is 0 Å². The van der Waals surface area contributed by atoms with E-state index < -0.39 is 47.6 Å². The van der Waals surface area contributed by atoms with Gasteiger partial charge in [0.15, 0.2) is 5.75 Å². The van der Waals surface area contributed by atoms with Gasteiger partial charge in [0.1, 0.15) is 16.9 Å². The van der Waals surface area contributed by atoms with Gasteiger partial charge in [-0.05, 0) is 30.7 Å². The number of rotatable bonds is 6. The third-order valence-corrected chi connectivity index (χ3v) is 5.44. The zero-order valence-corrected chi connectivity index (χ0v) is 17.5. The van der Waals surface area contributed by atoms with Crippen LogP contribution >= 0.6 is 0 Å². The number of hydrogen-bond acceptors (Lipinski definition) is 6. The van der Waals surface area contributed by atoms with Crippen molar-refractivity contribution in [2.45, 2.75) is 25.3 Å². The second-order valence-electron chi connectivity index (χ2n) is 7.88. The highest BCUT2D eigenvalue weighted by Crippen LogP contribution is 2.36. The Kier molecular flexibility index (Phi) is 5.98. The monoisotopic (exact) mass is 461 g/mol. The number of nitrogens with zero attached hydrogens (tertiary/aromatic N) is 2. The molecule has 2 aromatic heterocycles. The van der Waals surface area contributed by atoms with Crippen molar-refractivity contribution in [1.82, 2.24) is 14.9 Å². The van der Waals surface area contributed by atoms with E-state index in [1.165, 1.54) is 18.3 Å². The molecule has 0 saturated heterocycles. The van der Waals surface area contributed by atoms with E-state index in [2.05, 4.69) is 15.6 Å². The van der Waals surface area contributed by atoms with Crippen molar-refractivity contribution >= 4 is 22.6 Å². The van der Waals surface area contributed by atoms with Gasteiger partial charge in [0.05, 0.1) is 24.3 Å². The number of amides is 1. The molecule has 0 atom stereocenters. The summed E-state index contributed by atoms with van der Waals surface area (Å²) >= 11 is 0. The van der Waals surface area contributed by atoms with Gasteiger partial charge in [-0.3, -0.25) is 19.1 Å². The van der Waals surface area contributed by atoms with Crippen LogP contribution in [-0.2, 0) is 13.0 Å².